The van der Waals surface area contributed by atoms with Gasteiger partial charge in [-0.15, -0.1) is 0 Å². The maximum atomic E-state index is 12.4. The number of nitrogens with zero attached hydrogens (tertiary/aromatic N) is 1. The first-order valence-corrected chi connectivity index (χ1v) is 8.43. The molecule has 2 aromatic rings. The van der Waals surface area contributed by atoms with Crippen LogP contribution in [0.2, 0.25) is 0 Å². The van der Waals surface area contributed by atoms with Gasteiger partial charge in [0.2, 0.25) is 11.8 Å². The van der Waals surface area contributed by atoms with Crippen LogP contribution in [0.5, 0.6) is 0 Å². The molecule has 0 radical (unpaired) electrons. The fraction of sp³-hybridized carbons (Fsp3) is 0.100. The summed E-state index contributed by atoms with van der Waals surface area (Å²) in [5.74, 6) is -1.75. The summed E-state index contributed by atoms with van der Waals surface area (Å²) in [7, 11) is 0. The molecule has 0 saturated carbocycles. The van der Waals surface area contributed by atoms with E-state index in [9.17, 15) is 19.2 Å². The molecule has 0 bridgehead atoms. The van der Waals surface area contributed by atoms with Crippen molar-refractivity contribution in [3.8, 4) is 0 Å². The minimum absolute atomic E-state index is 0.173. The molecule has 1 heterocycles. The van der Waals surface area contributed by atoms with Gasteiger partial charge in [-0.05, 0) is 30.3 Å². The van der Waals surface area contributed by atoms with Gasteiger partial charge in [0.05, 0.1) is 6.54 Å². The van der Waals surface area contributed by atoms with Crippen molar-refractivity contribution in [3.05, 3.63) is 71.8 Å². The molecule has 3 rings (SSSR count). The summed E-state index contributed by atoms with van der Waals surface area (Å²) in [6, 6.07) is 13.2. The van der Waals surface area contributed by atoms with Crippen molar-refractivity contribution >= 4 is 35.0 Å². The fourth-order valence-corrected chi connectivity index (χ4v) is 2.82. The van der Waals surface area contributed by atoms with Crippen molar-refractivity contribution in [1.82, 2.24) is 10.2 Å². The van der Waals surface area contributed by atoms with E-state index in [4.69, 9.17) is 5.73 Å². The Morgan fingerprint density at radius 3 is 2.25 bits per heavy atom. The van der Waals surface area contributed by atoms with Crippen LogP contribution < -0.4 is 16.4 Å². The van der Waals surface area contributed by atoms with Crippen LogP contribution in [0.4, 0.5) is 5.69 Å². The van der Waals surface area contributed by atoms with E-state index >= 15 is 0 Å². The van der Waals surface area contributed by atoms with Crippen LogP contribution in [-0.2, 0) is 9.59 Å². The molecule has 1 aliphatic rings. The number of hydrogen-bond donors (Lipinski definition) is 3. The lowest BCUT2D eigenvalue weighted by molar-refractivity contribution is -0.117. The molecule has 1 aliphatic heterocycles. The van der Waals surface area contributed by atoms with Crippen LogP contribution >= 0.6 is 0 Å². The van der Waals surface area contributed by atoms with Gasteiger partial charge in [-0.3, -0.25) is 24.1 Å². The highest BCUT2D eigenvalue weighted by atomic mass is 16.2. The number of hydrogen-bond acceptors (Lipinski definition) is 4. The van der Waals surface area contributed by atoms with Crippen molar-refractivity contribution in [1.29, 1.82) is 0 Å². The van der Waals surface area contributed by atoms with Crippen LogP contribution in [0.3, 0.4) is 0 Å². The molecular weight excluding hydrogens is 360 g/mol. The summed E-state index contributed by atoms with van der Waals surface area (Å²) in [4.78, 5) is 48.6. The van der Waals surface area contributed by atoms with E-state index in [0.29, 0.717) is 28.1 Å². The second-order valence-corrected chi connectivity index (χ2v) is 6.16. The lowest BCUT2D eigenvalue weighted by Crippen LogP contribution is -2.33. The lowest BCUT2D eigenvalue weighted by atomic mass is 10.1. The molecule has 142 valence electrons. The first-order chi connectivity index (χ1) is 13.4. The number of nitrogens with one attached hydrogen (secondary N) is 2. The number of primary amides is 1. The van der Waals surface area contributed by atoms with Crippen molar-refractivity contribution in [2.24, 2.45) is 5.73 Å². The number of carbonyl (C=O) groups is 4. The minimum atomic E-state index is -0.641. The number of rotatable bonds is 6. The molecule has 0 aliphatic carbocycles. The number of nitrogens with two attached hydrogens (primary N) is 1. The third-order valence-corrected chi connectivity index (χ3v) is 4.20. The highest BCUT2D eigenvalue weighted by molar-refractivity contribution is 6.11. The zero-order valence-electron chi connectivity index (χ0n) is 14.9. The van der Waals surface area contributed by atoms with Crippen LogP contribution in [0, 0.1) is 0 Å². The van der Waals surface area contributed by atoms with Gasteiger partial charge in [0.1, 0.15) is 6.54 Å². The summed E-state index contributed by atoms with van der Waals surface area (Å²) in [6.07, 6.45) is 0. The van der Waals surface area contributed by atoms with Crippen LogP contribution in [-0.4, -0.2) is 41.6 Å². The van der Waals surface area contributed by atoms with E-state index in [0.717, 1.165) is 0 Å². The number of anilines is 1. The van der Waals surface area contributed by atoms with E-state index in [2.05, 4.69) is 17.2 Å². The third kappa shape index (κ3) is 3.90. The molecule has 28 heavy (non-hydrogen) atoms. The Labute approximate surface area is 161 Å². The largest absolute Gasteiger partial charge is 0.368 e. The first kappa shape index (κ1) is 18.8. The summed E-state index contributed by atoms with van der Waals surface area (Å²) in [5.41, 5.74) is 7.48. The molecule has 4 amide bonds. The van der Waals surface area contributed by atoms with Crippen molar-refractivity contribution in [2.75, 3.05) is 18.4 Å². The molecule has 8 nitrogen and oxygen atoms in total. The van der Waals surface area contributed by atoms with Crippen molar-refractivity contribution in [3.63, 3.8) is 0 Å². The molecule has 0 atom stereocenters. The SMILES string of the molecule is C=C1c2ccccc2C(=O)N1CC(=O)Nc1ccc(C(=O)NCC(N)=O)cc1. The normalized spacial score (nSPS) is 12.5. The molecule has 0 aromatic heterocycles. The average molecular weight is 378 g/mol. The minimum Gasteiger partial charge on any atom is -0.368 e. The average Bonchev–Trinajstić information content (AvgIpc) is 2.92. The Kier molecular flexibility index (Phi) is 5.21. The Bertz CT molecular complexity index is 947. The van der Waals surface area contributed by atoms with Gasteiger partial charge in [0, 0.05) is 28.1 Å². The smallest absolute Gasteiger partial charge is 0.259 e. The lowest BCUT2D eigenvalue weighted by Gasteiger charge is -2.17. The van der Waals surface area contributed by atoms with Crippen molar-refractivity contribution in [2.45, 2.75) is 0 Å². The maximum Gasteiger partial charge on any atom is 0.259 e. The van der Waals surface area contributed by atoms with Crippen LogP contribution in [0.15, 0.2) is 55.1 Å². The van der Waals surface area contributed by atoms with Gasteiger partial charge in [0.15, 0.2) is 0 Å². The number of carbonyl (C=O) groups excluding carboxylic acids is 4. The van der Waals surface area contributed by atoms with Gasteiger partial charge in [-0.25, -0.2) is 0 Å². The summed E-state index contributed by atoms with van der Waals surface area (Å²) in [6.45, 7) is 3.47. The number of amides is 4. The molecule has 4 N–H and O–H groups in total. The van der Waals surface area contributed by atoms with Gasteiger partial charge >= 0.3 is 0 Å². The van der Waals surface area contributed by atoms with E-state index < -0.39 is 17.7 Å². The maximum absolute atomic E-state index is 12.4. The summed E-state index contributed by atoms with van der Waals surface area (Å²) in [5, 5.41) is 5.04. The molecule has 2 aromatic carbocycles. The summed E-state index contributed by atoms with van der Waals surface area (Å²) < 4.78 is 0. The zero-order chi connectivity index (χ0) is 20.3. The van der Waals surface area contributed by atoms with Crippen molar-refractivity contribution < 1.29 is 19.2 Å². The Morgan fingerprint density at radius 2 is 1.64 bits per heavy atom. The first-order valence-electron chi connectivity index (χ1n) is 8.43. The standard InChI is InChI=1S/C20H18N4O4/c1-12-15-4-2-3-5-16(15)20(28)24(12)11-18(26)23-14-8-6-13(7-9-14)19(27)22-10-17(21)25/h2-9H,1,10-11H2,(H2,21,25)(H,22,27)(H,23,26). The van der Waals surface area contributed by atoms with E-state index in [-0.39, 0.29) is 19.0 Å². The third-order valence-electron chi connectivity index (χ3n) is 4.20. The predicted molar refractivity (Wildman–Crippen MR) is 103 cm³/mol. The second kappa shape index (κ2) is 7.75. The Balaban J connectivity index is 1.60. The predicted octanol–water partition coefficient (Wildman–Crippen LogP) is 0.967. The van der Waals surface area contributed by atoms with Gasteiger partial charge < -0.3 is 16.4 Å². The second-order valence-electron chi connectivity index (χ2n) is 6.16. The molecule has 0 unspecified atom stereocenters. The van der Waals surface area contributed by atoms with Crippen LogP contribution in [0.25, 0.3) is 5.70 Å². The highest BCUT2D eigenvalue weighted by Gasteiger charge is 2.31. The van der Waals surface area contributed by atoms with Gasteiger partial charge in [-0.1, -0.05) is 24.8 Å². The molecule has 0 spiro atoms. The molecular formula is C20H18N4O4. The molecule has 8 heteroatoms. The van der Waals surface area contributed by atoms with Gasteiger partial charge in [0.25, 0.3) is 11.8 Å². The fourth-order valence-electron chi connectivity index (χ4n) is 2.82. The zero-order valence-corrected chi connectivity index (χ0v) is 14.9. The Hall–Kier alpha value is -3.94. The van der Waals surface area contributed by atoms with E-state index in [1.54, 1.807) is 30.3 Å². The highest BCUT2D eigenvalue weighted by Crippen LogP contribution is 2.30. The topological polar surface area (TPSA) is 122 Å². The Morgan fingerprint density at radius 1 is 1.00 bits per heavy atom. The quantitative estimate of drug-likeness (QED) is 0.693. The number of benzene rings is 2. The molecule has 0 saturated heterocycles. The van der Waals surface area contributed by atoms with Crippen LogP contribution in [0.1, 0.15) is 26.3 Å². The molecule has 0 fully saturated rings. The monoisotopic (exact) mass is 378 g/mol. The van der Waals surface area contributed by atoms with E-state index in [1.807, 2.05) is 6.07 Å². The summed E-state index contributed by atoms with van der Waals surface area (Å²) >= 11 is 0. The van der Waals surface area contributed by atoms with Gasteiger partial charge in [-0.2, -0.15) is 0 Å². The number of fused-ring (bicyclic) bond motifs is 1. The van der Waals surface area contributed by atoms with E-state index in [1.165, 1.54) is 17.0 Å².